The summed E-state index contributed by atoms with van der Waals surface area (Å²) < 4.78 is 38.8. The summed E-state index contributed by atoms with van der Waals surface area (Å²) in [5.41, 5.74) is 2.77. The first-order chi connectivity index (χ1) is 11.6. The van der Waals surface area contributed by atoms with Crippen LogP contribution < -0.4 is 5.73 Å². The number of amides is 2. The normalized spacial score (nSPS) is 19.6. The largest absolute Gasteiger partial charge is 0.477 e. The van der Waals surface area contributed by atoms with Crippen LogP contribution in [-0.2, 0) is 20.9 Å². The molecule has 2 aliphatic rings. The van der Waals surface area contributed by atoms with Gasteiger partial charge < -0.3 is 10.8 Å². The Morgan fingerprint density at radius 3 is 2.56 bits per heavy atom. The SMILES string of the molecule is NC(=O)Cn1cnnn1.O=C(O)C1=C(C(F)(F)F)CS[C@H]2CC(=O)N12. The third-order valence-electron chi connectivity index (χ3n) is 3.11. The highest BCUT2D eigenvalue weighted by molar-refractivity contribution is 8.00. The van der Waals surface area contributed by atoms with Crippen LogP contribution in [-0.4, -0.2) is 65.3 Å². The van der Waals surface area contributed by atoms with E-state index in [1.165, 1.54) is 11.0 Å². The highest BCUT2D eigenvalue weighted by Gasteiger charge is 2.51. The van der Waals surface area contributed by atoms with E-state index in [1.54, 1.807) is 0 Å². The molecule has 1 aromatic rings. The number of nitrogens with zero attached hydrogens (tertiary/aromatic N) is 5. The highest BCUT2D eigenvalue weighted by Crippen LogP contribution is 2.44. The lowest BCUT2D eigenvalue weighted by Gasteiger charge is -2.44. The summed E-state index contributed by atoms with van der Waals surface area (Å²) in [5, 5.41) is 18.3. The number of rotatable bonds is 3. The van der Waals surface area contributed by atoms with Crippen LogP contribution in [0.3, 0.4) is 0 Å². The summed E-state index contributed by atoms with van der Waals surface area (Å²) >= 11 is 0.937. The van der Waals surface area contributed by atoms with Crippen molar-refractivity contribution in [3.8, 4) is 0 Å². The Labute approximate surface area is 141 Å². The number of halogens is 3. The number of carbonyl (C=O) groups is 3. The molecule has 0 aromatic carbocycles. The topological polar surface area (TPSA) is 144 Å². The maximum absolute atomic E-state index is 12.5. The molecular weight excluding hydrogens is 369 g/mol. The molecule has 1 saturated heterocycles. The molecule has 0 aliphatic carbocycles. The lowest BCUT2D eigenvalue weighted by Crippen LogP contribution is -2.54. The second kappa shape index (κ2) is 7.08. The van der Waals surface area contributed by atoms with E-state index in [4.69, 9.17) is 10.8 Å². The molecule has 0 unspecified atom stereocenters. The fourth-order valence-corrected chi connectivity index (χ4v) is 3.34. The number of aliphatic carboxylic acids is 1. The summed E-state index contributed by atoms with van der Waals surface area (Å²) in [5.74, 6) is -3.15. The van der Waals surface area contributed by atoms with Gasteiger partial charge in [0.15, 0.2) is 0 Å². The minimum Gasteiger partial charge on any atom is -0.477 e. The van der Waals surface area contributed by atoms with Crippen LogP contribution >= 0.6 is 11.8 Å². The zero-order valence-corrected chi connectivity index (χ0v) is 13.1. The van der Waals surface area contributed by atoms with E-state index >= 15 is 0 Å². The number of carbonyl (C=O) groups excluding carboxylic acids is 2. The van der Waals surface area contributed by atoms with Crippen LogP contribution in [0.5, 0.6) is 0 Å². The van der Waals surface area contributed by atoms with Gasteiger partial charge in [-0.25, -0.2) is 9.48 Å². The first-order valence-corrected chi connectivity index (χ1v) is 7.62. The zero-order chi connectivity index (χ0) is 18.8. The molecule has 0 radical (unpaired) electrons. The number of β-lactam (4-membered cyclic amide) rings is 1. The van der Waals surface area contributed by atoms with Crippen molar-refractivity contribution in [3.63, 3.8) is 0 Å². The molecule has 0 saturated carbocycles. The number of hydrogen-bond acceptors (Lipinski definition) is 7. The van der Waals surface area contributed by atoms with E-state index in [0.717, 1.165) is 16.7 Å². The molecule has 14 heteroatoms. The molecule has 25 heavy (non-hydrogen) atoms. The number of primary amides is 1. The molecule has 10 nitrogen and oxygen atoms in total. The summed E-state index contributed by atoms with van der Waals surface area (Å²) in [6.45, 7) is 0.0347. The van der Waals surface area contributed by atoms with Crippen LogP contribution in [0.15, 0.2) is 17.6 Å². The molecule has 1 aromatic heterocycles. The number of alkyl halides is 3. The maximum atomic E-state index is 12.5. The lowest BCUT2D eigenvalue weighted by atomic mass is 10.1. The van der Waals surface area contributed by atoms with E-state index < -0.39 is 46.4 Å². The smallest absolute Gasteiger partial charge is 0.415 e. The summed E-state index contributed by atoms with van der Waals surface area (Å²) in [4.78, 5) is 32.8. The van der Waals surface area contributed by atoms with Crippen LogP contribution in [0.25, 0.3) is 0 Å². The third kappa shape index (κ3) is 4.26. The molecule has 3 heterocycles. The van der Waals surface area contributed by atoms with E-state index in [2.05, 4.69) is 15.5 Å². The zero-order valence-electron chi connectivity index (χ0n) is 12.3. The maximum Gasteiger partial charge on any atom is 0.415 e. The Balaban J connectivity index is 0.000000212. The number of carboxylic acid groups (broad SMARTS) is 1. The molecule has 0 spiro atoms. The van der Waals surface area contributed by atoms with Crippen molar-refractivity contribution in [2.75, 3.05) is 5.75 Å². The number of aromatic nitrogens is 4. The van der Waals surface area contributed by atoms with Gasteiger partial charge in [-0.3, -0.25) is 14.5 Å². The monoisotopic (exact) mass is 380 g/mol. The minimum atomic E-state index is -4.71. The fraction of sp³-hybridized carbons (Fsp3) is 0.455. The number of carboxylic acids is 1. The number of nitrogens with two attached hydrogens (primary N) is 1. The van der Waals surface area contributed by atoms with E-state index in [1.807, 2.05) is 0 Å². The van der Waals surface area contributed by atoms with Crippen molar-refractivity contribution in [3.05, 3.63) is 17.6 Å². The van der Waals surface area contributed by atoms with E-state index in [-0.39, 0.29) is 13.0 Å². The molecule has 3 N–H and O–H groups in total. The van der Waals surface area contributed by atoms with Crippen molar-refractivity contribution in [2.45, 2.75) is 24.5 Å². The highest BCUT2D eigenvalue weighted by atomic mass is 32.2. The van der Waals surface area contributed by atoms with Crippen molar-refractivity contribution in [1.29, 1.82) is 0 Å². The van der Waals surface area contributed by atoms with Gasteiger partial charge in [0, 0.05) is 5.75 Å². The number of hydrogen-bond donors (Lipinski definition) is 2. The van der Waals surface area contributed by atoms with Gasteiger partial charge in [0.1, 0.15) is 18.6 Å². The molecule has 2 aliphatic heterocycles. The minimum absolute atomic E-state index is 0.0347. The summed E-state index contributed by atoms with van der Waals surface area (Å²) in [6, 6.07) is 0. The third-order valence-corrected chi connectivity index (χ3v) is 4.32. The van der Waals surface area contributed by atoms with Crippen LogP contribution in [0.1, 0.15) is 6.42 Å². The first kappa shape index (κ1) is 18.7. The average molecular weight is 380 g/mol. The number of fused-ring (bicyclic) bond motifs is 1. The van der Waals surface area contributed by atoms with Gasteiger partial charge in [0.25, 0.3) is 0 Å². The summed E-state index contributed by atoms with van der Waals surface area (Å²) in [6.07, 6.45) is -3.28. The van der Waals surface area contributed by atoms with Crippen molar-refractivity contribution >= 4 is 29.5 Å². The Morgan fingerprint density at radius 2 is 2.12 bits per heavy atom. The van der Waals surface area contributed by atoms with Gasteiger partial charge in [-0.2, -0.15) is 13.2 Å². The van der Waals surface area contributed by atoms with Gasteiger partial charge in [-0.1, -0.05) is 0 Å². The van der Waals surface area contributed by atoms with Gasteiger partial charge >= 0.3 is 12.1 Å². The molecule has 3 rings (SSSR count). The quantitative estimate of drug-likeness (QED) is 0.658. The first-order valence-electron chi connectivity index (χ1n) is 6.57. The molecule has 2 amide bonds. The van der Waals surface area contributed by atoms with Crippen LogP contribution in [0, 0.1) is 0 Å². The molecule has 136 valence electrons. The predicted octanol–water partition coefficient (Wildman–Crippen LogP) is -0.649. The van der Waals surface area contributed by atoms with E-state index in [9.17, 15) is 27.6 Å². The molecule has 1 fully saturated rings. The van der Waals surface area contributed by atoms with Crippen molar-refractivity contribution in [2.24, 2.45) is 5.73 Å². The van der Waals surface area contributed by atoms with Gasteiger partial charge in [0.05, 0.1) is 17.4 Å². The Morgan fingerprint density at radius 1 is 1.44 bits per heavy atom. The van der Waals surface area contributed by atoms with Gasteiger partial charge in [-0.15, -0.1) is 16.9 Å². The fourth-order valence-electron chi connectivity index (χ4n) is 2.04. The van der Waals surface area contributed by atoms with Crippen molar-refractivity contribution in [1.82, 2.24) is 25.1 Å². The average Bonchev–Trinajstić information content (AvgIpc) is 2.96. The van der Waals surface area contributed by atoms with E-state index in [0.29, 0.717) is 0 Å². The molecule has 1 atom stereocenters. The molecular formula is C11H11F3N6O4S. The second-order valence-corrected chi connectivity index (χ2v) is 6.00. The van der Waals surface area contributed by atoms with Gasteiger partial charge in [0.2, 0.25) is 11.8 Å². The Bertz CT molecular complexity index is 720. The van der Waals surface area contributed by atoms with Gasteiger partial charge in [-0.05, 0) is 10.4 Å². The predicted molar refractivity (Wildman–Crippen MR) is 75.4 cm³/mol. The number of thioether (sulfide) groups is 1. The van der Waals surface area contributed by atoms with Crippen molar-refractivity contribution < 1.29 is 32.7 Å². The van der Waals surface area contributed by atoms with Crippen LogP contribution in [0.4, 0.5) is 13.2 Å². The Kier molecular flexibility index (Phi) is 5.30. The van der Waals surface area contributed by atoms with Crippen LogP contribution in [0.2, 0.25) is 0 Å². The molecule has 0 bridgehead atoms. The second-order valence-electron chi connectivity index (χ2n) is 4.84. The number of tetrazole rings is 1. The lowest BCUT2D eigenvalue weighted by molar-refractivity contribution is -0.148. The standard InChI is InChI=1S/C8H6F3NO3S.C3H5N5O/c9-8(10,11)3-2-16-5-1-4(13)12(5)6(3)7(14)15;4-3(9)1-8-2-5-6-7-8/h5H,1-2H2,(H,14,15);2H,1H2,(H2,4,9)/t5-;/m0./s1. The Hall–Kier alpha value is -2.64. The summed E-state index contributed by atoms with van der Waals surface area (Å²) in [7, 11) is 0.